The molecular formula is C13H24N2O2. The highest BCUT2D eigenvalue weighted by molar-refractivity contribution is 5.79. The van der Waals surface area contributed by atoms with Crippen molar-refractivity contribution in [2.24, 2.45) is 17.8 Å². The van der Waals surface area contributed by atoms with Gasteiger partial charge in [0.05, 0.1) is 12.5 Å². The molecule has 2 aliphatic rings. The van der Waals surface area contributed by atoms with Crippen molar-refractivity contribution in [1.82, 2.24) is 10.2 Å². The number of carbonyl (C=O) groups excluding carboxylic acids is 1. The van der Waals surface area contributed by atoms with Crippen LogP contribution in [0.5, 0.6) is 0 Å². The molecule has 0 spiro atoms. The van der Waals surface area contributed by atoms with E-state index in [0.717, 1.165) is 45.8 Å². The number of ether oxygens (including phenoxy) is 1. The molecule has 2 saturated heterocycles. The minimum absolute atomic E-state index is 0.178. The summed E-state index contributed by atoms with van der Waals surface area (Å²) in [5.74, 6) is 1.52. The molecule has 2 rings (SSSR count). The Labute approximate surface area is 104 Å². The molecule has 0 aromatic carbocycles. The number of nitrogens with one attached hydrogen (secondary N) is 1. The molecule has 1 N–H and O–H groups in total. The summed E-state index contributed by atoms with van der Waals surface area (Å²) in [5.41, 5.74) is 0. The number of carbonyl (C=O) groups is 1. The Bertz CT molecular complexity index is 264. The van der Waals surface area contributed by atoms with E-state index in [9.17, 15) is 4.79 Å². The number of rotatable bonds is 4. The van der Waals surface area contributed by atoms with E-state index in [0.29, 0.717) is 17.7 Å². The van der Waals surface area contributed by atoms with Crippen molar-refractivity contribution in [3.05, 3.63) is 0 Å². The van der Waals surface area contributed by atoms with E-state index in [-0.39, 0.29) is 5.92 Å². The standard InChI is InChI=1S/C13H24N2O2/c1-3-15(8-11-4-5-17-9-11)13(16)12-7-14-6-10(12)2/h10-12,14H,3-9H2,1-2H3/t10-,11?,12-/m1/s1. The lowest BCUT2D eigenvalue weighted by molar-refractivity contribution is -0.136. The molecular weight excluding hydrogens is 216 g/mol. The molecule has 98 valence electrons. The fraction of sp³-hybridized carbons (Fsp3) is 0.923. The van der Waals surface area contributed by atoms with E-state index >= 15 is 0 Å². The summed E-state index contributed by atoms with van der Waals surface area (Å²) >= 11 is 0. The lowest BCUT2D eigenvalue weighted by Crippen LogP contribution is -2.41. The van der Waals surface area contributed by atoms with Crippen molar-refractivity contribution in [3.63, 3.8) is 0 Å². The summed E-state index contributed by atoms with van der Waals surface area (Å²) in [7, 11) is 0. The number of hydrogen-bond donors (Lipinski definition) is 1. The highest BCUT2D eigenvalue weighted by Crippen LogP contribution is 2.21. The van der Waals surface area contributed by atoms with Crippen molar-refractivity contribution in [2.45, 2.75) is 20.3 Å². The first-order valence-corrected chi connectivity index (χ1v) is 6.79. The molecule has 0 aromatic heterocycles. The van der Waals surface area contributed by atoms with Crippen LogP contribution in [0, 0.1) is 17.8 Å². The lowest BCUT2D eigenvalue weighted by atomic mass is 9.96. The summed E-state index contributed by atoms with van der Waals surface area (Å²) in [6.07, 6.45) is 1.10. The molecule has 17 heavy (non-hydrogen) atoms. The van der Waals surface area contributed by atoms with Gasteiger partial charge in [-0.2, -0.15) is 0 Å². The smallest absolute Gasteiger partial charge is 0.227 e. The highest BCUT2D eigenvalue weighted by atomic mass is 16.5. The zero-order valence-corrected chi connectivity index (χ0v) is 10.9. The van der Waals surface area contributed by atoms with Gasteiger partial charge in [-0.1, -0.05) is 6.92 Å². The van der Waals surface area contributed by atoms with Gasteiger partial charge in [0.15, 0.2) is 0 Å². The summed E-state index contributed by atoms with van der Waals surface area (Å²) in [6.45, 7) is 9.42. The number of nitrogens with zero attached hydrogens (tertiary/aromatic N) is 1. The Morgan fingerprint density at radius 2 is 2.29 bits per heavy atom. The van der Waals surface area contributed by atoms with Crippen LogP contribution in [0.4, 0.5) is 0 Å². The van der Waals surface area contributed by atoms with E-state index < -0.39 is 0 Å². The molecule has 0 radical (unpaired) electrons. The van der Waals surface area contributed by atoms with E-state index in [1.807, 2.05) is 4.90 Å². The first kappa shape index (κ1) is 12.8. The van der Waals surface area contributed by atoms with Gasteiger partial charge >= 0.3 is 0 Å². The van der Waals surface area contributed by atoms with Crippen molar-refractivity contribution in [1.29, 1.82) is 0 Å². The second-order valence-electron chi connectivity index (χ2n) is 5.35. The summed E-state index contributed by atoms with van der Waals surface area (Å²) in [4.78, 5) is 14.4. The predicted octanol–water partition coefficient (Wildman–Crippen LogP) is 0.727. The molecule has 4 heteroatoms. The van der Waals surface area contributed by atoms with Crippen molar-refractivity contribution in [2.75, 3.05) is 39.4 Å². The van der Waals surface area contributed by atoms with Gasteiger partial charge in [-0.05, 0) is 25.8 Å². The molecule has 2 aliphatic heterocycles. The van der Waals surface area contributed by atoms with E-state index in [4.69, 9.17) is 4.74 Å². The fourth-order valence-corrected chi connectivity index (χ4v) is 2.79. The van der Waals surface area contributed by atoms with Gasteiger partial charge < -0.3 is 15.0 Å². The van der Waals surface area contributed by atoms with Gasteiger partial charge in [0, 0.05) is 32.2 Å². The van der Waals surface area contributed by atoms with Gasteiger partial charge in [-0.3, -0.25) is 4.79 Å². The maximum Gasteiger partial charge on any atom is 0.227 e. The van der Waals surface area contributed by atoms with E-state index in [1.165, 1.54) is 0 Å². The third kappa shape index (κ3) is 2.99. The number of hydrogen-bond acceptors (Lipinski definition) is 3. The van der Waals surface area contributed by atoms with E-state index in [1.54, 1.807) is 0 Å². The number of amides is 1. The van der Waals surface area contributed by atoms with Crippen LogP contribution in [0.25, 0.3) is 0 Å². The van der Waals surface area contributed by atoms with Gasteiger partial charge in [0.25, 0.3) is 0 Å². The van der Waals surface area contributed by atoms with Crippen molar-refractivity contribution in [3.8, 4) is 0 Å². The Morgan fingerprint density at radius 3 is 2.82 bits per heavy atom. The van der Waals surface area contributed by atoms with E-state index in [2.05, 4.69) is 19.2 Å². The maximum atomic E-state index is 12.4. The Hall–Kier alpha value is -0.610. The zero-order valence-electron chi connectivity index (χ0n) is 10.9. The third-order valence-corrected chi connectivity index (χ3v) is 4.03. The van der Waals surface area contributed by atoms with Gasteiger partial charge in [0.1, 0.15) is 0 Å². The Kier molecular flexibility index (Phi) is 4.40. The van der Waals surface area contributed by atoms with Crippen LogP contribution in [0.15, 0.2) is 0 Å². The molecule has 4 nitrogen and oxygen atoms in total. The highest BCUT2D eigenvalue weighted by Gasteiger charge is 2.33. The average molecular weight is 240 g/mol. The van der Waals surface area contributed by atoms with Crippen LogP contribution < -0.4 is 5.32 Å². The molecule has 0 bridgehead atoms. The van der Waals surface area contributed by atoms with Crippen LogP contribution in [-0.4, -0.2) is 50.2 Å². The minimum atomic E-state index is 0.178. The molecule has 1 unspecified atom stereocenters. The molecule has 2 fully saturated rings. The van der Waals surface area contributed by atoms with Crippen molar-refractivity contribution >= 4 is 5.91 Å². The summed E-state index contributed by atoms with van der Waals surface area (Å²) in [5, 5.41) is 3.30. The molecule has 0 saturated carbocycles. The quantitative estimate of drug-likeness (QED) is 0.787. The van der Waals surface area contributed by atoms with Crippen LogP contribution >= 0.6 is 0 Å². The average Bonchev–Trinajstić information content (AvgIpc) is 2.96. The Balaban J connectivity index is 1.89. The maximum absolute atomic E-state index is 12.4. The second kappa shape index (κ2) is 5.83. The summed E-state index contributed by atoms with van der Waals surface area (Å²) < 4.78 is 5.38. The van der Waals surface area contributed by atoms with Gasteiger partial charge in [0.2, 0.25) is 5.91 Å². The van der Waals surface area contributed by atoms with Crippen LogP contribution in [0.1, 0.15) is 20.3 Å². The molecule has 3 atom stereocenters. The minimum Gasteiger partial charge on any atom is -0.381 e. The largest absolute Gasteiger partial charge is 0.381 e. The van der Waals surface area contributed by atoms with Crippen LogP contribution in [0.3, 0.4) is 0 Å². The van der Waals surface area contributed by atoms with Gasteiger partial charge in [-0.25, -0.2) is 0 Å². The Morgan fingerprint density at radius 1 is 1.47 bits per heavy atom. The normalized spacial score (nSPS) is 32.9. The third-order valence-electron chi connectivity index (χ3n) is 4.03. The summed E-state index contributed by atoms with van der Waals surface area (Å²) in [6, 6.07) is 0. The predicted molar refractivity (Wildman–Crippen MR) is 66.7 cm³/mol. The zero-order chi connectivity index (χ0) is 12.3. The lowest BCUT2D eigenvalue weighted by Gasteiger charge is -2.27. The molecule has 0 aromatic rings. The van der Waals surface area contributed by atoms with Crippen LogP contribution in [-0.2, 0) is 9.53 Å². The van der Waals surface area contributed by atoms with Crippen molar-refractivity contribution < 1.29 is 9.53 Å². The fourth-order valence-electron chi connectivity index (χ4n) is 2.79. The monoisotopic (exact) mass is 240 g/mol. The van der Waals surface area contributed by atoms with Crippen LogP contribution in [0.2, 0.25) is 0 Å². The van der Waals surface area contributed by atoms with Gasteiger partial charge in [-0.15, -0.1) is 0 Å². The topological polar surface area (TPSA) is 41.6 Å². The molecule has 0 aliphatic carbocycles. The second-order valence-corrected chi connectivity index (χ2v) is 5.35. The molecule has 2 heterocycles. The SMILES string of the molecule is CCN(CC1CCOC1)C(=O)[C@@H]1CNC[C@H]1C. The first-order chi connectivity index (χ1) is 8.22. The molecule has 1 amide bonds. The first-order valence-electron chi connectivity index (χ1n) is 6.79.